The highest BCUT2D eigenvalue weighted by molar-refractivity contribution is 7.15. The van der Waals surface area contributed by atoms with Gasteiger partial charge in [-0.05, 0) is 38.5 Å². The molecular weight excluding hydrogens is 338 g/mol. The molecule has 0 N–H and O–H groups in total. The van der Waals surface area contributed by atoms with Gasteiger partial charge in [0.1, 0.15) is 0 Å². The maximum absolute atomic E-state index is 13.0. The molecule has 0 aromatic carbocycles. The number of aromatic nitrogens is 2. The Morgan fingerprint density at radius 3 is 2.84 bits per heavy atom. The molecule has 132 valence electrons. The fraction of sp³-hybridized carbons (Fsp3) is 0.389. The first kappa shape index (κ1) is 17.6. The Morgan fingerprint density at radius 2 is 2.16 bits per heavy atom. The third kappa shape index (κ3) is 3.57. The highest BCUT2D eigenvalue weighted by atomic mass is 32.1. The molecule has 25 heavy (non-hydrogen) atoms. The van der Waals surface area contributed by atoms with Crippen LogP contribution in [-0.4, -0.2) is 48.3 Å². The number of pyridine rings is 1. The van der Waals surface area contributed by atoms with Crippen molar-refractivity contribution in [3.8, 4) is 10.6 Å². The summed E-state index contributed by atoms with van der Waals surface area (Å²) in [6, 6.07) is 5.89. The number of ether oxygens (including phenoxy) is 1. The summed E-state index contributed by atoms with van der Waals surface area (Å²) in [6.07, 6.45) is 0.784. The van der Waals surface area contributed by atoms with Crippen LogP contribution in [0.1, 0.15) is 27.3 Å². The lowest BCUT2D eigenvalue weighted by molar-refractivity contribution is 0.0781. The standard InChI is InChI=1S/C18H21N3O3S/c1-11-6-7-15(25-11)14-10-13(16-12(2)20-24-17(16)19-14)18(22)21(3)8-5-9-23-4/h6-7,10H,5,8-9H2,1-4H3. The van der Waals surface area contributed by atoms with Gasteiger partial charge in [-0.3, -0.25) is 4.79 Å². The van der Waals surface area contributed by atoms with Crippen LogP contribution in [0.3, 0.4) is 0 Å². The number of hydrogen-bond acceptors (Lipinski definition) is 6. The van der Waals surface area contributed by atoms with Gasteiger partial charge >= 0.3 is 0 Å². The van der Waals surface area contributed by atoms with Crippen molar-refractivity contribution in [3.05, 3.63) is 34.3 Å². The predicted octanol–water partition coefficient (Wildman–Crippen LogP) is 3.68. The van der Waals surface area contributed by atoms with E-state index in [-0.39, 0.29) is 5.91 Å². The van der Waals surface area contributed by atoms with Crippen LogP contribution in [0.4, 0.5) is 0 Å². The van der Waals surface area contributed by atoms with Gasteiger partial charge < -0.3 is 14.2 Å². The van der Waals surface area contributed by atoms with Crippen LogP contribution in [0.2, 0.25) is 0 Å². The number of carbonyl (C=O) groups is 1. The van der Waals surface area contributed by atoms with Crippen LogP contribution in [0.5, 0.6) is 0 Å². The lowest BCUT2D eigenvalue weighted by Gasteiger charge is -2.17. The molecule has 1 amide bonds. The van der Waals surface area contributed by atoms with E-state index in [0.29, 0.717) is 35.5 Å². The van der Waals surface area contributed by atoms with Gasteiger partial charge in [-0.1, -0.05) is 5.16 Å². The molecule has 3 rings (SSSR count). The fourth-order valence-electron chi connectivity index (χ4n) is 2.72. The summed E-state index contributed by atoms with van der Waals surface area (Å²) in [7, 11) is 3.45. The second-order valence-corrected chi connectivity index (χ2v) is 7.27. The maximum Gasteiger partial charge on any atom is 0.259 e. The Bertz CT molecular complexity index is 900. The Balaban J connectivity index is 2.03. The van der Waals surface area contributed by atoms with Crippen molar-refractivity contribution < 1.29 is 14.1 Å². The molecule has 0 aliphatic rings. The molecule has 6 nitrogen and oxygen atoms in total. The van der Waals surface area contributed by atoms with E-state index < -0.39 is 0 Å². The molecular formula is C18H21N3O3S. The number of hydrogen-bond donors (Lipinski definition) is 0. The molecule has 0 radical (unpaired) electrons. The average molecular weight is 359 g/mol. The van der Waals surface area contributed by atoms with E-state index in [9.17, 15) is 4.79 Å². The number of thiophene rings is 1. The zero-order valence-electron chi connectivity index (χ0n) is 14.8. The molecule has 0 spiro atoms. The van der Waals surface area contributed by atoms with E-state index in [1.165, 1.54) is 4.88 Å². The van der Waals surface area contributed by atoms with Gasteiger partial charge in [0, 0.05) is 32.2 Å². The molecule has 0 aliphatic carbocycles. The van der Waals surface area contributed by atoms with Crippen molar-refractivity contribution in [2.24, 2.45) is 0 Å². The maximum atomic E-state index is 13.0. The van der Waals surface area contributed by atoms with Gasteiger partial charge in [0.2, 0.25) is 0 Å². The molecule has 3 aromatic rings. The number of amides is 1. The third-order valence-electron chi connectivity index (χ3n) is 4.03. The number of carbonyl (C=O) groups excluding carboxylic acids is 1. The summed E-state index contributed by atoms with van der Waals surface area (Å²) in [5.74, 6) is -0.0654. The van der Waals surface area contributed by atoms with Gasteiger partial charge in [-0.2, -0.15) is 0 Å². The largest absolute Gasteiger partial charge is 0.385 e. The van der Waals surface area contributed by atoms with Crippen molar-refractivity contribution in [2.75, 3.05) is 27.3 Å². The molecule has 3 aromatic heterocycles. The molecule has 0 bridgehead atoms. The fourth-order valence-corrected chi connectivity index (χ4v) is 3.54. The second-order valence-electron chi connectivity index (χ2n) is 5.99. The molecule has 0 saturated carbocycles. The Kier molecular flexibility index (Phi) is 5.15. The zero-order valence-corrected chi connectivity index (χ0v) is 15.6. The van der Waals surface area contributed by atoms with Crippen molar-refractivity contribution >= 4 is 28.3 Å². The highest BCUT2D eigenvalue weighted by Crippen LogP contribution is 2.31. The van der Waals surface area contributed by atoms with Gasteiger partial charge in [-0.15, -0.1) is 11.3 Å². The number of fused-ring (bicyclic) bond motifs is 1. The Morgan fingerprint density at radius 1 is 1.36 bits per heavy atom. The van der Waals surface area contributed by atoms with E-state index in [1.54, 1.807) is 30.4 Å². The normalized spacial score (nSPS) is 11.2. The minimum absolute atomic E-state index is 0.0654. The van der Waals surface area contributed by atoms with Gasteiger partial charge in [0.05, 0.1) is 27.2 Å². The number of methoxy groups -OCH3 is 1. The summed E-state index contributed by atoms with van der Waals surface area (Å²) < 4.78 is 10.4. The Labute approximate surface area is 150 Å². The summed E-state index contributed by atoms with van der Waals surface area (Å²) in [5.41, 5.74) is 2.37. The van der Waals surface area contributed by atoms with E-state index in [1.807, 2.05) is 32.0 Å². The van der Waals surface area contributed by atoms with Crippen molar-refractivity contribution in [2.45, 2.75) is 20.3 Å². The number of nitrogens with zero attached hydrogens (tertiary/aromatic N) is 3. The zero-order chi connectivity index (χ0) is 18.0. The molecule has 0 atom stereocenters. The monoisotopic (exact) mass is 359 g/mol. The molecule has 0 saturated heterocycles. The van der Waals surface area contributed by atoms with Crippen molar-refractivity contribution in [1.29, 1.82) is 0 Å². The van der Waals surface area contributed by atoms with Crippen LogP contribution in [0.15, 0.2) is 22.7 Å². The SMILES string of the molecule is COCCCN(C)C(=O)c1cc(-c2ccc(C)s2)nc2onc(C)c12. The highest BCUT2D eigenvalue weighted by Gasteiger charge is 2.22. The van der Waals surface area contributed by atoms with E-state index in [4.69, 9.17) is 9.26 Å². The average Bonchev–Trinajstić information content (AvgIpc) is 3.20. The Hall–Kier alpha value is -2.25. The first-order chi connectivity index (χ1) is 12.0. The summed E-state index contributed by atoms with van der Waals surface area (Å²) in [5, 5.41) is 4.67. The van der Waals surface area contributed by atoms with Crippen LogP contribution in [0.25, 0.3) is 21.7 Å². The molecule has 0 aliphatic heterocycles. The quantitative estimate of drug-likeness (QED) is 0.628. The number of rotatable bonds is 6. The minimum atomic E-state index is -0.0654. The van der Waals surface area contributed by atoms with Crippen molar-refractivity contribution in [3.63, 3.8) is 0 Å². The number of aryl methyl sites for hydroxylation is 2. The topological polar surface area (TPSA) is 68.5 Å². The van der Waals surface area contributed by atoms with E-state index >= 15 is 0 Å². The van der Waals surface area contributed by atoms with Gasteiger partial charge in [-0.25, -0.2) is 4.98 Å². The third-order valence-corrected chi connectivity index (χ3v) is 5.05. The van der Waals surface area contributed by atoms with Gasteiger partial charge in [0.25, 0.3) is 11.6 Å². The molecule has 0 unspecified atom stereocenters. The molecule has 7 heteroatoms. The first-order valence-electron chi connectivity index (χ1n) is 8.09. The van der Waals surface area contributed by atoms with Crippen LogP contribution >= 0.6 is 11.3 Å². The molecule has 0 fully saturated rings. The second kappa shape index (κ2) is 7.33. The van der Waals surface area contributed by atoms with Gasteiger partial charge in [0.15, 0.2) is 0 Å². The predicted molar refractivity (Wildman–Crippen MR) is 98.0 cm³/mol. The van der Waals surface area contributed by atoms with E-state index in [2.05, 4.69) is 10.1 Å². The van der Waals surface area contributed by atoms with Crippen molar-refractivity contribution in [1.82, 2.24) is 15.0 Å². The molecule has 3 heterocycles. The van der Waals surface area contributed by atoms with Crippen LogP contribution in [-0.2, 0) is 4.74 Å². The summed E-state index contributed by atoms with van der Waals surface area (Å²) >= 11 is 1.64. The summed E-state index contributed by atoms with van der Waals surface area (Å²) in [6.45, 7) is 5.11. The minimum Gasteiger partial charge on any atom is -0.385 e. The van der Waals surface area contributed by atoms with Crippen LogP contribution in [0, 0.1) is 13.8 Å². The van der Waals surface area contributed by atoms with Crippen LogP contribution < -0.4 is 0 Å². The summed E-state index contributed by atoms with van der Waals surface area (Å²) in [4.78, 5) is 21.4. The lowest BCUT2D eigenvalue weighted by Crippen LogP contribution is -2.28. The first-order valence-corrected chi connectivity index (χ1v) is 8.91. The van der Waals surface area contributed by atoms with E-state index in [0.717, 1.165) is 17.0 Å². The lowest BCUT2D eigenvalue weighted by atomic mass is 10.1. The smallest absolute Gasteiger partial charge is 0.259 e.